The molecule has 0 spiro atoms. The van der Waals surface area contributed by atoms with E-state index in [0.717, 1.165) is 39.2 Å². The van der Waals surface area contributed by atoms with Crippen molar-refractivity contribution in [3.05, 3.63) is 11.7 Å². The number of ether oxygens (including phenoxy) is 1. The molecule has 1 atom stereocenters. The van der Waals surface area contributed by atoms with Crippen LogP contribution < -0.4 is 5.32 Å². The molecular weight excluding hydrogens is 232 g/mol. The second-order valence-corrected chi connectivity index (χ2v) is 4.48. The molecule has 2 rings (SSSR count). The summed E-state index contributed by atoms with van der Waals surface area (Å²) in [6, 6.07) is 0. The molecule has 0 radical (unpaired) electrons. The maximum Gasteiger partial charge on any atom is 0.240 e. The minimum absolute atomic E-state index is 0.0534. The van der Waals surface area contributed by atoms with E-state index in [1.807, 2.05) is 0 Å². The summed E-state index contributed by atoms with van der Waals surface area (Å²) in [4.78, 5) is 6.72. The number of hydrogen-bond donors (Lipinski definition) is 1. The fraction of sp³-hybridized carbons (Fsp3) is 0.833. The van der Waals surface area contributed by atoms with Crippen molar-refractivity contribution in [1.82, 2.24) is 20.4 Å². The predicted octanol–water partition coefficient (Wildman–Crippen LogP) is 0.962. The average Bonchev–Trinajstić information content (AvgIpc) is 2.88. The van der Waals surface area contributed by atoms with Crippen molar-refractivity contribution < 1.29 is 9.26 Å². The van der Waals surface area contributed by atoms with E-state index in [1.165, 1.54) is 0 Å². The summed E-state index contributed by atoms with van der Waals surface area (Å²) in [6.07, 6.45) is 1.04. The van der Waals surface area contributed by atoms with Gasteiger partial charge in [-0.1, -0.05) is 19.0 Å². The van der Waals surface area contributed by atoms with Crippen LogP contribution in [-0.4, -0.2) is 47.8 Å². The van der Waals surface area contributed by atoms with Crippen LogP contribution in [0.2, 0.25) is 0 Å². The average molecular weight is 254 g/mol. The molecule has 2 heterocycles. The van der Waals surface area contributed by atoms with Gasteiger partial charge in [-0.25, -0.2) is 0 Å². The summed E-state index contributed by atoms with van der Waals surface area (Å²) < 4.78 is 10.9. The van der Waals surface area contributed by atoms with Crippen LogP contribution in [0.4, 0.5) is 0 Å². The van der Waals surface area contributed by atoms with E-state index in [0.29, 0.717) is 18.3 Å². The highest BCUT2D eigenvalue weighted by atomic mass is 16.5. The van der Waals surface area contributed by atoms with Gasteiger partial charge in [-0.05, 0) is 19.5 Å². The molecule has 1 aromatic rings. The Morgan fingerprint density at radius 2 is 2.33 bits per heavy atom. The van der Waals surface area contributed by atoms with Crippen LogP contribution in [0, 0.1) is 0 Å². The predicted molar refractivity (Wildman–Crippen MR) is 67.1 cm³/mol. The van der Waals surface area contributed by atoms with Crippen LogP contribution in [0.1, 0.15) is 38.1 Å². The standard InChI is InChI=1S/C12H22N4O2/c1-3-5-13-8-11-14-12(15-18-11)10-9-16(4-2)6-7-17-10/h10,13H,3-9H2,1-2H3. The summed E-state index contributed by atoms with van der Waals surface area (Å²) in [5, 5.41) is 7.25. The molecule has 1 aromatic heterocycles. The lowest BCUT2D eigenvalue weighted by Gasteiger charge is -2.30. The quantitative estimate of drug-likeness (QED) is 0.763. The molecule has 6 heteroatoms. The highest BCUT2D eigenvalue weighted by Gasteiger charge is 2.25. The third-order valence-electron chi connectivity index (χ3n) is 3.07. The molecule has 6 nitrogen and oxygen atoms in total. The number of rotatable bonds is 6. The fourth-order valence-electron chi connectivity index (χ4n) is 1.99. The summed E-state index contributed by atoms with van der Waals surface area (Å²) >= 11 is 0. The van der Waals surface area contributed by atoms with Gasteiger partial charge in [-0.15, -0.1) is 0 Å². The SMILES string of the molecule is CCCNCc1nc(C2CN(CC)CCO2)no1. The number of morpholine rings is 1. The second kappa shape index (κ2) is 6.82. The van der Waals surface area contributed by atoms with Crippen molar-refractivity contribution in [3.63, 3.8) is 0 Å². The third-order valence-corrected chi connectivity index (χ3v) is 3.07. The van der Waals surface area contributed by atoms with E-state index in [-0.39, 0.29) is 6.10 Å². The Morgan fingerprint density at radius 3 is 3.11 bits per heavy atom. The molecule has 0 aliphatic carbocycles. The van der Waals surface area contributed by atoms with Crippen LogP contribution in [0.5, 0.6) is 0 Å². The van der Waals surface area contributed by atoms with Gasteiger partial charge in [0.15, 0.2) is 0 Å². The van der Waals surface area contributed by atoms with E-state index in [1.54, 1.807) is 0 Å². The second-order valence-electron chi connectivity index (χ2n) is 4.48. The van der Waals surface area contributed by atoms with Crippen molar-refractivity contribution in [2.24, 2.45) is 0 Å². The Kier molecular flexibility index (Phi) is 5.10. The summed E-state index contributed by atoms with van der Waals surface area (Å²) in [7, 11) is 0. The van der Waals surface area contributed by atoms with Crippen LogP contribution in [0.15, 0.2) is 4.52 Å². The number of likely N-dealkylation sites (N-methyl/N-ethyl adjacent to an activating group) is 1. The molecule has 102 valence electrons. The molecule has 1 saturated heterocycles. The first-order valence-electron chi connectivity index (χ1n) is 6.70. The van der Waals surface area contributed by atoms with Crippen LogP contribution >= 0.6 is 0 Å². The van der Waals surface area contributed by atoms with Gasteiger partial charge in [0.05, 0.1) is 13.2 Å². The van der Waals surface area contributed by atoms with Gasteiger partial charge in [0.2, 0.25) is 11.7 Å². The fourth-order valence-corrected chi connectivity index (χ4v) is 1.99. The molecule has 1 aliphatic rings. The van der Waals surface area contributed by atoms with Crippen LogP contribution in [0.3, 0.4) is 0 Å². The normalized spacial score (nSPS) is 21.3. The first-order valence-corrected chi connectivity index (χ1v) is 6.70. The lowest BCUT2D eigenvalue weighted by molar-refractivity contribution is -0.0334. The van der Waals surface area contributed by atoms with Gasteiger partial charge in [0.25, 0.3) is 0 Å². The Hall–Kier alpha value is -0.980. The molecular formula is C12H22N4O2. The number of nitrogens with zero attached hydrogens (tertiary/aromatic N) is 3. The molecule has 0 aromatic carbocycles. The number of aromatic nitrogens is 2. The van der Waals surface area contributed by atoms with Gasteiger partial charge in [-0.3, -0.25) is 4.90 Å². The zero-order valence-electron chi connectivity index (χ0n) is 11.2. The summed E-state index contributed by atoms with van der Waals surface area (Å²) in [6.45, 7) is 9.46. The van der Waals surface area contributed by atoms with E-state index in [4.69, 9.17) is 9.26 Å². The highest BCUT2D eigenvalue weighted by molar-refractivity contribution is 4.94. The lowest BCUT2D eigenvalue weighted by atomic mass is 10.2. The van der Waals surface area contributed by atoms with Crippen LogP contribution in [-0.2, 0) is 11.3 Å². The Labute approximate surface area is 108 Å². The number of hydrogen-bond acceptors (Lipinski definition) is 6. The topological polar surface area (TPSA) is 63.4 Å². The largest absolute Gasteiger partial charge is 0.367 e. The molecule has 1 N–H and O–H groups in total. The zero-order chi connectivity index (χ0) is 12.8. The van der Waals surface area contributed by atoms with Gasteiger partial charge in [-0.2, -0.15) is 4.98 Å². The Bertz CT molecular complexity index is 356. The van der Waals surface area contributed by atoms with Crippen LogP contribution in [0.25, 0.3) is 0 Å². The van der Waals surface area contributed by atoms with Crippen molar-refractivity contribution in [2.75, 3.05) is 32.8 Å². The van der Waals surface area contributed by atoms with Gasteiger partial charge in [0, 0.05) is 13.1 Å². The zero-order valence-corrected chi connectivity index (χ0v) is 11.2. The molecule has 0 bridgehead atoms. The van der Waals surface area contributed by atoms with Crippen molar-refractivity contribution in [3.8, 4) is 0 Å². The van der Waals surface area contributed by atoms with E-state index in [2.05, 4.69) is 34.2 Å². The first-order chi connectivity index (χ1) is 8.83. The number of nitrogens with one attached hydrogen (secondary N) is 1. The smallest absolute Gasteiger partial charge is 0.240 e. The Morgan fingerprint density at radius 1 is 1.44 bits per heavy atom. The molecule has 1 unspecified atom stereocenters. The maximum atomic E-state index is 5.69. The highest BCUT2D eigenvalue weighted by Crippen LogP contribution is 2.19. The molecule has 1 aliphatic heterocycles. The Balaban J connectivity index is 1.88. The lowest BCUT2D eigenvalue weighted by Crippen LogP contribution is -2.38. The summed E-state index contributed by atoms with van der Waals surface area (Å²) in [5.74, 6) is 1.30. The van der Waals surface area contributed by atoms with E-state index in [9.17, 15) is 0 Å². The van der Waals surface area contributed by atoms with E-state index >= 15 is 0 Å². The minimum atomic E-state index is -0.0534. The third kappa shape index (κ3) is 3.51. The minimum Gasteiger partial charge on any atom is -0.367 e. The molecule has 1 fully saturated rings. The monoisotopic (exact) mass is 254 g/mol. The van der Waals surface area contributed by atoms with Crippen molar-refractivity contribution in [1.29, 1.82) is 0 Å². The first kappa shape index (κ1) is 13.5. The maximum absolute atomic E-state index is 5.69. The summed E-state index contributed by atoms with van der Waals surface area (Å²) in [5.41, 5.74) is 0. The van der Waals surface area contributed by atoms with Crippen molar-refractivity contribution in [2.45, 2.75) is 32.9 Å². The molecule has 0 amide bonds. The molecule has 18 heavy (non-hydrogen) atoms. The van der Waals surface area contributed by atoms with Crippen molar-refractivity contribution >= 4 is 0 Å². The van der Waals surface area contributed by atoms with Gasteiger partial charge in [0.1, 0.15) is 6.10 Å². The van der Waals surface area contributed by atoms with Gasteiger partial charge < -0.3 is 14.6 Å². The van der Waals surface area contributed by atoms with Gasteiger partial charge >= 0.3 is 0 Å². The molecule has 0 saturated carbocycles. The van der Waals surface area contributed by atoms with E-state index < -0.39 is 0 Å².